The van der Waals surface area contributed by atoms with Crippen LogP contribution in [0.15, 0.2) is 24.3 Å². The van der Waals surface area contributed by atoms with Gasteiger partial charge < -0.3 is 15.5 Å². The van der Waals surface area contributed by atoms with Crippen LogP contribution in [0.4, 0.5) is 5.69 Å². The Bertz CT molecular complexity index is 406. The second-order valence-corrected chi connectivity index (χ2v) is 5.79. The first-order valence-corrected chi connectivity index (χ1v) is 6.53. The Morgan fingerprint density at radius 3 is 2.32 bits per heavy atom. The molecule has 0 bridgehead atoms. The molecular weight excluding hydrogens is 242 g/mol. The zero-order chi connectivity index (χ0) is 14.5. The molecule has 0 aliphatic heterocycles. The van der Waals surface area contributed by atoms with Crippen molar-refractivity contribution >= 4 is 11.7 Å². The zero-order valence-corrected chi connectivity index (χ0v) is 11.8. The molecule has 0 saturated carbocycles. The summed E-state index contributed by atoms with van der Waals surface area (Å²) in [5.41, 5.74) is 2.31. The van der Waals surface area contributed by atoms with E-state index in [0.29, 0.717) is 6.54 Å². The average Bonchev–Trinajstić information content (AvgIpc) is 2.33. The highest BCUT2D eigenvalue weighted by Crippen LogP contribution is 2.23. The number of carboxylic acids is 1. The molecule has 0 aliphatic carbocycles. The number of rotatable bonds is 6. The summed E-state index contributed by atoms with van der Waals surface area (Å²) in [6.07, 6.45) is -0.382. The quantitative estimate of drug-likeness (QED) is 0.739. The molecule has 0 saturated heterocycles. The lowest BCUT2D eigenvalue weighted by atomic mass is 9.87. The molecule has 3 N–H and O–H groups in total. The average molecular weight is 265 g/mol. The number of aliphatic hydroxyl groups excluding tert-OH is 1. The topological polar surface area (TPSA) is 69.6 Å². The fourth-order valence-electron chi connectivity index (χ4n) is 1.72. The lowest BCUT2D eigenvalue weighted by molar-refractivity contribution is -0.137. The maximum Gasteiger partial charge on any atom is 0.303 e. The van der Waals surface area contributed by atoms with Crippen LogP contribution in [0.5, 0.6) is 0 Å². The van der Waals surface area contributed by atoms with Crippen molar-refractivity contribution in [2.75, 3.05) is 11.9 Å². The van der Waals surface area contributed by atoms with Gasteiger partial charge in [0.05, 0.1) is 6.10 Å². The molecule has 0 aliphatic rings. The van der Waals surface area contributed by atoms with Crippen LogP contribution in [-0.4, -0.2) is 28.8 Å². The molecule has 106 valence electrons. The van der Waals surface area contributed by atoms with Gasteiger partial charge >= 0.3 is 5.97 Å². The van der Waals surface area contributed by atoms with Crippen molar-refractivity contribution < 1.29 is 15.0 Å². The summed E-state index contributed by atoms with van der Waals surface area (Å²) in [7, 11) is 0. The van der Waals surface area contributed by atoms with E-state index in [4.69, 9.17) is 5.11 Å². The molecule has 1 rings (SSSR count). The van der Waals surface area contributed by atoms with Crippen molar-refractivity contribution in [1.82, 2.24) is 0 Å². The van der Waals surface area contributed by atoms with Crippen LogP contribution >= 0.6 is 0 Å². The Kier molecular flexibility index (Phi) is 5.36. The third-order valence-corrected chi connectivity index (χ3v) is 2.98. The van der Waals surface area contributed by atoms with Gasteiger partial charge in [-0.1, -0.05) is 32.9 Å². The third-order valence-electron chi connectivity index (χ3n) is 2.98. The van der Waals surface area contributed by atoms with Crippen LogP contribution in [0, 0.1) is 0 Å². The SMILES string of the molecule is CC(C)(C)c1ccc(NCC(O)CCC(=O)O)cc1. The maximum atomic E-state index is 10.4. The minimum absolute atomic E-state index is 0.00813. The number of nitrogens with one attached hydrogen (secondary N) is 1. The number of anilines is 1. The molecule has 0 aromatic heterocycles. The molecule has 4 heteroatoms. The molecule has 1 aromatic rings. The Morgan fingerprint density at radius 1 is 1.26 bits per heavy atom. The van der Waals surface area contributed by atoms with E-state index in [-0.39, 0.29) is 18.3 Å². The van der Waals surface area contributed by atoms with Crippen molar-refractivity contribution in [3.63, 3.8) is 0 Å². The van der Waals surface area contributed by atoms with Gasteiger partial charge in [-0.2, -0.15) is 0 Å². The first-order valence-electron chi connectivity index (χ1n) is 6.53. The largest absolute Gasteiger partial charge is 0.481 e. The second kappa shape index (κ2) is 6.57. The highest BCUT2D eigenvalue weighted by atomic mass is 16.4. The summed E-state index contributed by atoms with van der Waals surface area (Å²) in [5.74, 6) is -0.881. The van der Waals surface area contributed by atoms with Gasteiger partial charge in [-0.25, -0.2) is 0 Å². The Morgan fingerprint density at radius 2 is 1.84 bits per heavy atom. The molecule has 0 amide bonds. The number of carboxylic acid groups (broad SMARTS) is 1. The van der Waals surface area contributed by atoms with E-state index in [1.165, 1.54) is 5.56 Å². The van der Waals surface area contributed by atoms with E-state index in [0.717, 1.165) is 5.69 Å². The first-order chi connectivity index (χ1) is 8.79. The van der Waals surface area contributed by atoms with E-state index < -0.39 is 12.1 Å². The van der Waals surface area contributed by atoms with Crippen molar-refractivity contribution in [2.45, 2.75) is 45.1 Å². The number of hydrogen-bond acceptors (Lipinski definition) is 3. The lowest BCUT2D eigenvalue weighted by Gasteiger charge is -2.19. The van der Waals surface area contributed by atoms with Crippen LogP contribution in [0.2, 0.25) is 0 Å². The fraction of sp³-hybridized carbons (Fsp3) is 0.533. The van der Waals surface area contributed by atoms with Gasteiger partial charge in [0, 0.05) is 18.7 Å². The predicted octanol–water partition coefficient (Wildman–Crippen LogP) is 2.62. The summed E-state index contributed by atoms with van der Waals surface area (Å²) in [6, 6.07) is 8.08. The van der Waals surface area contributed by atoms with Gasteiger partial charge in [0.25, 0.3) is 0 Å². The number of carbonyl (C=O) groups is 1. The smallest absolute Gasteiger partial charge is 0.303 e. The standard InChI is InChI=1S/C15H23NO3/c1-15(2,3)11-4-6-12(7-5-11)16-10-13(17)8-9-14(18)19/h4-7,13,16-17H,8-10H2,1-3H3,(H,18,19). The highest BCUT2D eigenvalue weighted by molar-refractivity contribution is 5.66. The summed E-state index contributed by atoms with van der Waals surface area (Å²) in [4.78, 5) is 10.4. The number of hydrogen-bond donors (Lipinski definition) is 3. The number of aliphatic hydroxyl groups is 1. The van der Waals surface area contributed by atoms with Crippen LogP contribution < -0.4 is 5.32 Å². The van der Waals surface area contributed by atoms with E-state index in [1.807, 2.05) is 12.1 Å². The molecule has 0 spiro atoms. The van der Waals surface area contributed by atoms with Gasteiger partial charge in [-0.3, -0.25) is 4.79 Å². The highest BCUT2D eigenvalue weighted by Gasteiger charge is 2.13. The van der Waals surface area contributed by atoms with Crippen LogP contribution in [0.1, 0.15) is 39.2 Å². The molecular formula is C15H23NO3. The number of aliphatic carboxylic acids is 1. The number of benzene rings is 1. The molecule has 1 aromatic carbocycles. The summed E-state index contributed by atoms with van der Waals surface area (Å²) in [5, 5.41) is 21.2. The van der Waals surface area contributed by atoms with Gasteiger partial charge in [0.2, 0.25) is 0 Å². The fourth-order valence-corrected chi connectivity index (χ4v) is 1.72. The van der Waals surface area contributed by atoms with E-state index >= 15 is 0 Å². The van der Waals surface area contributed by atoms with Crippen LogP contribution in [-0.2, 0) is 10.2 Å². The van der Waals surface area contributed by atoms with E-state index in [2.05, 4.69) is 38.2 Å². The Hall–Kier alpha value is -1.55. The monoisotopic (exact) mass is 265 g/mol. The molecule has 4 nitrogen and oxygen atoms in total. The lowest BCUT2D eigenvalue weighted by Crippen LogP contribution is -2.20. The van der Waals surface area contributed by atoms with Gasteiger partial charge in [-0.15, -0.1) is 0 Å². The maximum absolute atomic E-state index is 10.4. The normalized spacial score (nSPS) is 13.1. The van der Waals surface area contributed by atoms with Gasteiger partial charge in [0.15, 0.2) is 0 Å². The van der Waals surface area contributed by atoms with Gasteiger partial charge in [-0.05, 0) is 29.5 Å². The predicted molar refractivity (Wildman–Crippen MR) is 76.5 cm³/mol. The van der Waals surface area contributed by atoms with Crippen LogP contribution in [0.3, 0.4) is 0 Å². The third kappa shape index (κ3) is 5.75. The van der Waals surface area contributed by atoms with Crippen molar-refractivity contribution in [3.05, 3.63) is 29.8 Å². The van der Waals surface area contributed by atoms with Crippen LogP contribution in [0.25, 0.3) is 0 Å². The molecule has 0 heterocycles. The van der Waals surface area contributed by atoms with Gasteiger partial charge in [0.1, 0.15) is 0 Å². The molecule has 19 heavy (non-hydrogen) atoms. The van der Waals surface area contributed by atoms with E-state index in [9.17, 15) is 9.90 Å². The Labute approximate surface area is 114 Å². The molecule has 1 unspecified atom stereocenters. The van der Waals surface area contributed by atoms with E-state index in [1.54, 1.807) is 0 Å². The summed E-state index contributed by atoms with van der Waals surface area (Å²) in [6.45, 7) is 6.84. The first kappa shape index (κ1) is 15.5. The summed E-state index contributed by atoms with van der Waals surface area (Å²) >= 11 is 0. The molecule has 0 radical (unpaired) electrons. The van der Waals surface area contributed by atoms with Crippen molar-refractivity contribution in [2.24, 2.45) is 0 Å². The molecule has 1 atom stereocenters. The zero-order valence-electron chi connectivity index (χ0n) is 11.8. The Balaban J connectivity index is 2.44. The minimum atomic E-state index is -0.881. The second-order valence-electron chi connectivity index (χ2n) is 5.79. The van der Waals surface area contributed by atoms with Crippen molar-refractivity contribution in [3.8, 4) is 0 Å². The summed E-state index contributed by atoms with van der Waals surface area (Å²) < 4.78 is 0. The minimum Gasteiger partial charge on any atom is -0.481 e. The van der Waals surface area contributed by atoms with Crippen molar-refractivity contribution in [1.29, 1.82) is 0 Å². The molecule has 0 fully saturated rings.